The van der Waals surface area contributed by atoms with Crippen molar-refractivity contribution in [3.05, 3.63) is 65.2 Å². The Balaban J connectivity index is 0.00000176. The number of fused-ring (bicyclic) bond motifs is 1. The van der Waals surface area contributed by atoms with Gasteiger partial charge in [-0.05, 0) is 35.7 Å². The van der Waals surface area contributed by atoms with Crippen molar-refractivity contribution in [3.8, 4) is 12.3 Å². The van der Waals surface area contributed by atoms with Gasteiger partial charge < -0.3 is 10.6 Å². The number of halogens is 1. The first kappa shape index (κ1) is 16.1. The third-order valence-electron chi connectivity index (χ3n) is 3.69. The van der Waals surface area contributed by atoms with Crippen LogP contribution >= 0.6 is 12.4 Å². The molecule has 1 unspecified atom stereocenters. The average Bonchev–Trinajstić information content (AvgIpc) is 2.54. The van der Waals surface area contributed by atoms with Crippen molar-refractivity contribution in [1.29, 1.82) is 0 Å². The largest absolute Gasteiger partial charge is 0.325 e. The maximum absolute atomic E-state index is 12.4. The van der Waals surface area contributed by atoms with E-state index in [0.29, 0.717) is 6.42 Å². The molecule has 0 aliphatic carbocycles. The first-order valence-corrected chi connectivity index (χ1v) is 6.94. The van der Waals surface area contributed by atoms with Gasteiger partial charge in [-0.1, -0.05) is 36.3 Å². The Labute approximate surface area is 136 Å². The third-order valence-corrected chi connectivity index (χ3v) is 3.69. The summed E-state index contributed by atoms with van der Waals surface area (Å²) in [4.78, 5) is 12.4. The van der Waals surface area contributed by atoms with Gasteiger partial charge in [-0.25, -0.2) is 0 Å². The lowest BCUT2D eigenvalue weighted by molar-refractivity contribution is -0.118. The Kier molecular flexibility index (Phi) is 5.21. The number of hydrogen-bond acceptors (Lipinski definition) is 2. The molecule has 1 aliphatic rings. The second kappa shape index (κ2) is 7.13. The average molecular weight is 313 g/mol. The van der Waals surface area contributed by atoms with Gasteiger partial charge in [0.1, 0.15) is 0 Å². The molecule has 0 bridgehead atoms. The zero-order chi connectivity index (χ0) is 14.7. The maximum Gasteiger partial charge on any atom is 0.241 e. The van der Waals surface area contributed by atoms with Crippen molar-refractivity contribution in [1.82, 2.24) is 5.32 Å². The molecule has 0 spiro atoms. The summed E-state index contributed by atoms with van der Waals surface area (Å²) >= 11 is 0. The SMILES string of the molecule is C#Cc1cccc(NC(=O)C2Cc3ccccc3CN2)c1.Cl. The number of carbonyl (C=O) groups excluding carboxylic acids is 1. The summed E-state index contributed by atoms with van der Waals surface area (Å²) in [5, 5.41) is 6.19. The van der Waals surface area contributed by atoms with Crippen molar-refractivity contribution < 1.29 is 4.79 Å². The van der Waals surface area contributed by atoms with Gasteiger partial charge in [0.25, 0.3) is 0 Å². The molecule has 0 saturated carbocycles. The topological polar surface area (TPSA) is 41.1 Å². The number of carbonyl (C=O) groups is 1. The summed E-state index contributed by atoms with van der Waals surface area (Å²) in [7, 11) is 0. The molecule has 112 valence electrons. The standard InChI is InChI=1S/C18H16N2O.ClH/c1-2-13-6-5-9-16(10-13)20-18(21)17-11-14-7-3-4-8-15(14)12-19-17;/h1,3-10,17,19H,11-12H2,(H,20,21);1H. The van der Waals surface area contributed by atoms with E-state index >= 15 is 0 Å². The molecule has 1 aliphatic heterocycles. The van der Waals surface area contributed by atoms with Crippen LogP contribution in [0.25, 0.3) is 0 Å². The first-order chi connectivity index (χ1) is 10.3. The molecule has 2 N–H and O–H groups in total. The molecule has 2 aromatic carbocycles. The highest BCUT2D eigenvalue weighted by Gasteiger charge is 2.23. The summed E-state index contributed by atoms with van der Waals surface area (Å²) in [5.74, 6) is 2.54. The summed E-state index contributed by atoms with van der Waals surface area (Å²) in [6.07, 6.45) is 6.08. The van der Waals surface area contributed by atoms with Crippen LogP contribution in [0, 0.1) is 12.3 Å². The minimum atomic E-state index is -0.214. The molecule has 0 aromatic heterocycles. The summed E-state index contributed by atoms with van der Waals surface area (Å²) in [6, 6.07) is 15.3. The van der Waals surface area contributed by atoms with E-state index in [9.17, 15) is 4.79 Å². The van der Waals surface area contributed by atoms with E-state index in [2.05, 4.69) is 28.7 Å². The molecule has 0 saturated heterocycles. The molecule has 1 atom stereocenters. The van der Waals surface area contributed by atoms with Crippen molar-refractivity contribution in [2.24, 2.45) is 0 Å². The minimum absolute atomic E-state index is 0. The van der Waals surface area contributed by atoms with E-state index in [-0.39, 0.29) is 24.4 Å². The highest BCUT2D eigenvalue weighted by molar-refractivity contribution is 5.95. The normalized spacial score (nSPS) is 15.9. The Bertz CT molecular complexity index is 721. The first-order valence-electron chi connectivity index (χ1n) is 6.94. The van der Waals surface area contributed by atoms with E-state index in [1.165, 1.54) is 11.1 Å². The van der Waals surface area contributed by atoms with Crippen LogP contribution in [0.3, 0.4) is 0 Å². The Morgan fingerprint density at radius 2 is 1.95 bits per heavy atom. The minimum Gasteiger partial charge on any atom is -0.325 e. The molecule has 22 heavy (non-hydrogen) atoms. The second-order valence-corrected chi connectivity index (χ2v) is 5.12. The molecular weight excluding hydrogens is 296 g/mol. The number of amides is 1. The van der Waals surface area contributed by atoms with Gasteiger partial charge in [-0.3, -0.25) is 4.79 Å². The highest BCUT2D eigenvalue weighted by atomic mass is 35.5. The zero-order valence-electron chi connectivity index (χ0n) is 12.0. The smallest absolute Gasteiger partial charge is 0.241 e. The Hall–Kier alpha value is -2.28. The van der Waals surface area contributed by atoms with E-state index in [1.54, 1.807) is 6.07 Å². The summed E-state index contributed by atoms with van der Waals surface area (Å²) in [5.41, 5.74) is 3.98. The Morgan fingerprint density at radius 1 is 1.18 bits per heavy atom. The number of hydrogen-bond donors (Lipinski definition) is 2. The van der Waals surface area contributed by atoms with E-state index in [0.717, 1.165) is 17.8 Å². The lowest BCUT2D eigenvalue weighted by atomic mass is 9.95. The molecule has 0 fully saturated rings. The highest BCUT2D eigenvalue weighted by Crippen LogP contribution is 2.17. The van der Waals surface area contributed by atoms with E-state index in [1.807, 2.05) is 30.3 Å². The van der Waals surface area contributed by atoms with Gasteiger partial charge in [0.15, 0.2) is 0 Å². The van der Waals surface area contributed by atoms with Crippen LogP contribution in [0.1, 0.15) is 16.7 Å². The molecule has 3 nitrogen and oxygen atoms in total. The van der Waals surface area contributed by atoms with Crippen molar-refractivity contribution >= 4 is 24.0 Å². The number of anilines is 1. The van der Waals surface area contributed by atoms with Crippen LogP contribution in [0.4, 0.5) is 5.69 Å². The van der Waals surface area contributed by atoms with Gasteiger partial charge in [-0.2, -0.15) is 0 Å². The quantitative estimate of drug-likeness (QED) is 0.837. The molecule has 3 rings (SSSR count). The number of terminal acetylenes is 1. The second-order valence-electron chi connectivity index (χ2n) is 5.12. The van der Waals surface area contributed by atoms with Gasteiger partial charge in [0, 0.05) is 17.8 Å². The fourth-order valence-corrected chi connectivity index (χ4v) is 2.56. The molecule has 1 amide bonds. The lowest BCUT2D eigenvalue weighted by Gasteiger charge is -2.25. The van der Waals surface area contributed by atoms with Crippen LogP contribution < -0.4 is 10.6 Å². The molecule has 1 heterocycles. The van der Waals surface area contributed by atoms with Crippen LogP contribution in [0.5, 0.6) is 0 Å². The number of rotatable bonds is 2. The van der Waals surface area contributed by atoms with Crippen LogP contribution in [-0.2, 0) is 17.8 Å². The third kappa shape index (κ3) is 3.48. The van der Waals surface area contributed by atoms with E-state index in [4.69, 9.17) is 6.42 Å². The summed E-state index contributed by atoms with van der Waals surface area (Å²) < 4.78 is 0. The zero-order valence-corrected chi connectivity index (χ0v) is 12.8. The maximum atomic E-state index is 12.4. The van der Waals surface area contributed by atoms with Crippen molar-refractivity contribution in [2.75, 3.05) is 5.32 Å². The molecule has 0 radical (unpaired) electrons. The number of nitrogens with one attached hydrogen (secondary N) is 2. The van der Waals surface area contributed by atoms with Gasteiger partial charge in [0.05, 0.1) is 6.04 Å². The molecule has 4 heteroatoms. The predicted octanol–water partition coefficient (Wildman–Crippen LogP) is 2.74. The monoisotopic (exact) mass is 312 g/mol. The van der Waals surface area contributed by atoms with Gasteiger partial charge in [-0.15, -0.1) is 18.8 Å². The van der Waals surface area contributed by atoms with Crippen molar-refractivity contribution in [3.63, 3.8) is 0 Å². The van der Waals surface area contributed by atoms with E-state index < -0.39 is 0 Å². The molecular formula is C18H17ClN2O. The van der Waals surface area contributed by atoms with Crippen molar-refractivity contribution in [2.45, 2.75) is 19.0 Å². The van der Waals surface area contributed by atoms with Crippen LogP contribution in [0.15, 0.2) is 48.5 Å². The fourth-order valence-electron chi connectivity index (χ4n) is 2.56. The lowest BCUT2D eigenvalue weighted by Crippen LogP contribution is -2.44. The van der Waals surface area contributed by atoms with Crippen LogP contribution in [-0.4, -0.2) is 11.9 Å². The van der Waals surface area contributed by atoms with Gasteiger partial charge in [0.2, 0.25) is 5.91 Å². The van der Waals surface area contributed by atoms with Gasteiger partial charge >= 0.3 is 0 Å². The number of benzene rings is 2. The predicted molar refractivity (Wildman–Crippen MR) is 91.0 cm³/mol. The summed E-state index contributed by atoms with van der Waals surface area (Å²) in [6.45, 7) is 0.721. The Morgan fingerprint density at radius 3 is 2.73 bits per heavy atom. The van der Waals surface area contributed by atoms with Crippen LogP contribution in [0.2, 0.25) is 0 Å². The fraction of sp³-hybridized carbons (Fsp3) is 0.167. The molecule has 2 aromatic rings.